The van der Waals surface area contributed by atoms with E-state index >= 15 is 0 Å². The number of nitro groups is 1. The zero-order chi connectivity index (χ0) is 21.7. The van der Waals surface area contributed by atoms with Crippen LogP contribution in [0.25, 0.3) is 0 Å². The van der Waals surface area contributed by atoms with Crippen molar-refractivity contribution in [3.63, 3.8) is 0 Å². The van der Waals surface area contributed by atoms with Crippen LogP contribution in [-0.2, 0) is 4.74 Å². The normalized spacial score (nSPS) is 30.8. The standard InChI is InChI=1S/C23H31NO6/c1-22(2,3)21(30-19-9-17(20(25)26)4-5-18(19)24(27)28)29-13-23-10-14-6-15(11-23)8-16(7-14)12-23/h4-5,9,14-16,21H,6-8,10-13H2,1-3H3,(H,25,26)/p-1. The van der Waals surface area contributed by atoms with Gasteiger partial charge in [-0.3, -0.25) is 10.1 Å². The van der Waals surface area contributed by atoms with Crippen LogP contribution in [0.2, 0.25) is 0 Å². The molecule has 5 rings (SSSR count). The first-order valence-electron chi connectivity index (χ1n) is 10.8. The van der Waals surface area contributed by atoms with E-state index in [4.69, 9.17) is 9.47 Å². The van der Waals surface area contributed by atoms with Crippen molar-refractivity contribution in [2.45, 2.75) is 65.6 Å². The number of rotatable bonds is 7. The molecule has 4 fully saturated rings. The fraction of sp³-hybridized carbons (Fsp3) is 0.696. The summed E-state index contributed by atoms with van der Waals surface area (Å²) in [7, 11) is 0. The summed E-state index contributed by atoms with van der Waals surface area (Å²) in [5.74, 6) is 0.891. The SMILES string of the molecule is CC(C)(C)C(OCC12CC3CC(CC(C3)C1)C2)Oc1cc(C(=O)[O-])ccc1[N+](=O)[O-]. The van der Waals surface area contributed by atoms with Gasteiger partial charge in [-0.15, -0.1) is 0 Å². The van der Waals surface area contributed by atoms with Crippen molar-refractivity contribution < 1.29 is 24.3 Å². The molecule has 0 aromatic heterocycles. The average molecular weight is 416 g/mol. The highest BCUT2D eigenvalue weighted by Crippen LogP contribution is 2.60. The Morgan fingerprint density at radius 1 is 1.17 bits per heavy atom. The summed E-state index contributed by atoms with van der Waals surface area (Å²) in [6.07, 6.45) is 6.88. The van der Waals surface area contributed by atoms with E-state index in [0.29, 0.717) is 6.61 Å². The van der Waals surface area contributed by atoms with E-state index in [1.54, 1.807) is 0 Å². The minimum absolute atomic E-state index is 0.105. The number of hydrogen-bond acceptors (Lipinski definition) is 6. The monoisotopic (exact) mass is 416 g/mol. The van der Waals surface area contributed by atoms with Gasteiger partial charge in [0.2, 0.25) is 12.0 Å². The molecule has 0 saturated heterocycles. The maximum Gasteiger partial charge on any atom is 0.311 e. The Morgan fingerprint density at radius 3 is 2.20 bits per heavy atom. The smallest absolute Gasteiger partial charge is 0.311 e. The molecule has 0 heterocycles. The summed E-state index contributed by atoms with van der Waals surface area (Å²) in [6, 6.07) is 3.45. The molecule has 1 unspecified atom stereocenters. The largest absolute Gasteiger partial charge is 0.545 e. The minimum atomic E-state index is -1.41. The van der Waals surface area contributed by atoms with Gasteiger partial charge in [0.15, 0.2) is 0 Å². The maximum atomic E-state index is 11.4. The lowest BCUT2D eigenvalue weighted by Crippen LogP contribution is -2.49. The lowest BCUT2D eigenvalue weighted by atomic mass is 9.50. The van der Waals surface area contributed by atoms with Gasteiger partial charge in [0, 0.05) is 17.0 Å². The van der Waals surface area contributed by atoms with Crippen molar-refractivity contribution in [3.05, 3.63) is 33.9 Å². The van der Waals surface area contributed by atoms with E-state index in [1.165, 1.54) is 38.5 Å². The maximum absolute atomic E-state index is 11.4. The van der Waals surface area contributed by atoms with E-state index in [9.17, 15) is 20.0 Å². The third kappa shape index (κ3) is 4.17. The van der Waals surface area contributed by atoms with Gasteiger partial charge < -0.3 is 19.4 Å². The molecular weight excluding hydrogens is 386 g/mol. The molecule has 7 nitrogen and oxygen atoms in total. The minimum Gasteiger partial charge on any atom is -0.545 e. The molecule has 4 saturated carbocycles. The van der Waals surface area contributed by atoms with Crippen LogP contribution in [0.3, 0.4) is 0 Å². The van der Waals surface area contributed by atoms with Crippen molar-refractivity contribution in [1.29, 1.82) is 0 Å². The molecule has 0 aliphatic heterocycles. The van der Waals surface area contributed by atoms with E-state index in [-0.39, 0.29) is 22.4 Å². The van der Waals surface area contributed by atoms with E-state index < -0.39 is 22.6 Å². The molecule has 0 amide bonds. The highest BCUT2D eigenvalue weighted by molar-refractivity contribution is 5.87. The van der Waals surface area contributed by atoms with Crippen LogP contribution in [0.15, 0.2) is 18.2 Å². The van der Waals surface area contributed by atoms with Gasteiger partial charge in [-0.05, 0) is 73.8 Å². The van der Waals surface area contributed by atoms with Gasteiger partial charge in [-0.2, -0.15) is 0 Å². The zero-order valence-corrected chi connectivity index (χ0v) is 17.9. The van der Waals surface area contributed by atoms with Gasteiger partial charge in [-0.1, -0.05) is 20.8 Å². The molecule has 1 aromatic carbocycles. The van der Waals surface area contributed by atoms with Crippen LogP contribution in [0.4, 0.5) is 5.69 Å². The number of nitrogens with zero attached hydrogens (tertiary/aromatic N) is 1. The lowest BCUT2D eigenvalue weighted by molar-refractivity contribution is -0.386. The quantitative estimate of drug-likeness (QED) is 0.379. The number of carboxylic acid groups (broad SMARTS) is 1. The fourth-order valence-electron chi connectivity index (χ4n) is 6.18. The summed E-state index contributed by atoms with van der Waals surface area (Å²) in [5, 5.41) is 22.7. The van der Waals surface area contributed by atoms with Gasteiger partial charge in [0.1, 0.15) is 0 Å². The second-order valence-corrected chi connectivity index (χ2v) is 10.8. The highest BCUT2D eigenvalue weighted by atomic mass is 16.7. The Labute approximate surface area is 176 Å². The molecule has 4 bridgehead atoms. The number of aromatic carboxylic acids is 1. The number of nitro benzene ring substituents is 1. The predicted molar refractivity (Wildman–Crippen MR) is 108 cm³/mol. The molecule has 0 spiro atoms. The summed E-state index contributed by atoms with van der Waals surface area (Å²) < 4.78 is 12.3. The van der Waals surface area contributed by atoms with Gasteiger partial charge in [0.25, 0.3) is 0 Å². The van der Waals surface area contributed by atoms with Crippen LogP contribution in [0.5, 0.6) is 5.75 Å². The Balaban J connectivity index is 1.54. The summed E-state index contributed by atoms with van der Waals surface area (Å²) >= 11 is 0. The van der Waals surface area contributed by atoms with E-state index in [2.05, 4.69) is 0 Å². The summed E-state index contributed by atoms with van der Waals surface area (Å²) in [5.41, 5.74) is -0.717. The van der Waals surface area contributed by atoms with Crippen molar-refractivity contribution in [2.24, 2.45) is 28.6 Å². The summed E-state index contributed by atoms with van der Waals surface area (Å²) in [4.78, 5) is 22.1. The third-order valence-electron chi connectivity index (χ3n) is 7.04. The predicted octanol–water partition coefficient (Wildman–Crippen LogP) is 3.94. The lowest BCUT2D eigenvalue weighted by Gasteiger charge is -2.57. The van der Waals surface area contributed by atoms with Crippen LogP contribution < -0.4 is 9.84 Å². The first kappa shape index (κ1) is 21.1. The number of carbonyl (C=O) groups excluding carboxylic acids is 1. The number of hydrogen-bond donors (Lipinski definition) is 0. The third-order valence-corrected chi connectivity index (χ3v) is 7.04. The second-order valence-electron chi connectivity index (χ2n) is 10.8. The number of carbonyl (C=O) groups is 1. The van der Waals surface area contributed by atoms with E-state index in [1.807, 2.05) is 20.8 Å². The van der Waals surface area contributed by atoms with Gasteiger partial charge in [-0.25, -0.2) is 0 Å². The average Bonchev–Trinajstić information content (AvgIpc) is 2.62. The Kier molecular flexibility index (Phi) is 5.29. The van der Waals surface area contributed by atoms with Crippen LogP contribution in [-0.4, -0.2) is 23.8 Å². The molecular formula is C23H30NO6-. The van der Waals surface area contributed by atoms with Crippen LogP contribution >= 0.6 is 0 Å². The fourth-order valence-corrected chi connectivity index (χ4v) is 6.18. The zero-order valence-electron chi connectivity index (χ0n) is 17.9. The molecule has 1 aromatic rings. The van der Waals surface area contributed by atoms with Crippen molar-refractivity contribution in [1.82, 2.24) is 0 Å². The van der Waals surface area contributed by atoms with Crippen molar-refractivity contribution in [2.75, 3.05) is 6.61 Å². The molecule has 1 atom stereocenters. The first-order chi connectivity index (χ1) is 14.0. The van der Waals surface area contributed by atoms with Crippen LogP contribution in [0, 0.1) is 38.7 Å². The van der Waals surface area contributed by atoms with E-state index in [0.717, 1.165) is 36.0 Å². The number of benzene rings is 1. The Morgan fingerprint density at radius 2 is 1.73 bits per heavy atom. The van der Waals surface area contributed by atoms with Gasteiger partial charge in [0.05, 0.1) is 17.5 Å². The molecule has 4 aliphatic carbocycles. The first-order valence-corrected chi connectivity index (χ1v) is 10.8. The molecule has 30 heavy (non-hydrogen) atoms. The molecule has 7 heteroatoms. The number of ether oxygens (including phenoxy) is 2. The van der Waals surface area contributed by atoms with Crippen molar-refractivity contribution in [3.8, 4) is 5.75 Å². The second kappa shape index (κ2) is 7.52. The molecule has 0 N–H and O–H groups in total. The highest BCUT2D eigenvalue weighted by Gasteiger charge is 2.51. The topological polar surface area (TPSA) is 102 Å². The van der Waals surface area contributed by atoms with Gasteiger partial charge >= 0.3 is 5.69 Å². The molecule has 4 aliphatic rings. The Bertz CT molecular complexity index is 807. The Hall–Kier alpha value is -2.15. The summed E-state index contributed by atoms with van der Waals surface area (Å²) in [6.45, 7) is 6.43. The van der Waals surface area contributed by atoms with Crippen LogP contribution in [0.1, 0.15) is 69.7 Å². The number of carboxylic acids is 1. The molecule has 0 radical (unpaired) electrons. The molecule has 164 valence electrons. The van der Waals surface area contributed by atoms with Crippen molar-refractivity contribution >= 4 is 11.7 Å².